The Kier molecular flexibility index (Phi) is 8.40. The molecule has 1 heterocycles. The molecule has 4 nitrogen and oxygen atoms in total. The van der Waals surface area contributed by atoms with Gasteiger partial charge in [-0.25, -0.2) is 0 Å². The van der Waals surface area contributed by atoms with Crippen LogP contribution in [0.15, 0.2) is 77.9 Å². The maximum Gasteiger partial charge on any atom is 0.119 e. The molecule has 4 rings (SSSR count). The maximum absolute atomic E-state index is 9.84. The largest absolute Gasteiger partial charge is 0.508 e. The average Bonchev–Trinajstić information content (AvgIpc) is 3.37. The van der Waals surface area contributed by atoms with Crippen molar-refractivity contribution >= 4 is 5.57 Å². The summed E-state index contributed by atoms with van der Waals surface area (Å²) in [5, 5.41) is 19.4. The number of aliphatic hydroxyl groups is 1. The van der Waals surface area contributed by atoms with Gasteiger partial charge in [-0.1, -0.05) is 42.5 Å². The smallest absolute Gasteiger partial charge is 0.119 e. The predicted molar refractivity (Wildman–Crippen MR) is 135 cm³/mol. The van der Waals surface area contributed by atoms with E-state index in [-0.39, 0.29) is 12.4 Å². The number of rotatable bonds is 10. The molecule has 2 N–H and O–H groups in total. The van der Waals surface area contributed by atoms with Gasteiger partial charge in [-0.05, 0) is 104 Å². The van der Waals surface area contributed by atoms with Crippen LogP contribution in [0.3, 0.4) is 0 Å². The number of aromatic hydroxyl groups is 1. The van der Waals surface area contributed by atoms with Gasteiger partial charge in [0.1, 0.15) is 18.1 Å². The van der Waals surface area contributed by atoms with Crippen molar-refractivity contribution in [2.45, 2.75) is 38.5 Å². The van der Waals surface area contributed by atoms with Crippen molar-refractivity contribution in [3.05, 3.63) is 89.0 Å². The third-order valence-corrected chi connectivity index (χ3v) is 6.40. The van der Waals surface area contributed by atoms with Crippen LogP contribution in [0.1, 0.15) is 49.7 Å². The molecule has 2 aromatic carbocycles. The van der Waals surface area contributed by atoms with Gasteiger partial charge >= 0.3 is 0 Å². The number of allylic oxidation sites excluding steroid dienone is 5. The van der Waals surface area contributed by atoms with Gasteiger partial charge in [0.15, 0.2) is 0 Å². The van der Waals surface area contributed by atoms with Crippen molar-refractivity contribution in [3.63, 3.8) is 0 Å². The van der Waals surface area contributed by atoms with Crippen molar-refractivity contribution < 1.29 is 14.9 Å². The summed E-state index contributed by atoms with van der Waals surface area (Å²) in [6.07, 6.45) is 12.9. The van der Waals surface area contributed by atoms with Gasteiger partial charge in [-0.15, -0.1) is 0 Å². The van der Waals surface area contributed by atoms with Gasteiger partial charge in [0.05, 0.1) is 0 Å². The molecule has 1 fully saturated rings. The second-order valence-electron chi connectivity index (χ2n) is 8.79. The van der Waals surface area contributed by atoms with Crippen LogP contribution in [0.5, 0.6) is 11.5 Å². The number of hydrogen-bond donors (Lipinski definition) is 2. The lowest BCUT2D eigenvalue weighted by Gasteiger charge is -2.20. The molecule has 1 aliphatic carbocycles. The van der Waals surface area contributed by atoms with Gasteiger partial charge in [-0.3, -0.25) is 4.90 Å². The predicted octanol–water partition coefficient (Wildman–Crippen LogP) is 5.72. The first-order chi connectivity index (χ1) is 16.2. The van der Waals surface area contributed by atoms with E-state index in [0.717, 1.165) is 48.3 Å². The van der Waals surface area contributed by atoms with Crippen LogP contribution in [0.4, 0.5) is 0 Å². The fraction of sp³-hybridized carbons (Fsp3) is 0.379. The first kappa shape index (κ1) is 23.3. The first-order valence-electron chi connectivity index (χ1n) is 12.2. The van der Waals surface area contributed by atoms with Crippen LogP contribution < -0.4 is 4.74 Å². The SMILES string of the molecule is OCCC/C(C1=CCCC=C1)=C(\c1ccc(O)cc1)c1ccc(OCCN2CCCC2)cc1. The van der Waals surface area contributed by atoms with E-state index in [1.807, 2.05) is 12.1 Å². The van der Waals surface area contributed by atoms with E-state index in [1.165, 1.54) is 37.1 Å². The van der Waals surface area contributed by atoms with Crippen molar-refractivity contribution in [2.24, 2.45) is 0 Å². The Morgan fingerprint density at radius 1 is 0.909 bits per heavy atom. The molecule has 33 heavy (non-hydrogen) atoms. The summed E-state index contributed by atoms with van der Waals surface area (Å²) >= 11 is 0. The molecule has 0 saturated carbocycles. The quantitative estimate of drug-likeness (QED) is 0.491. The molecular weight excluding hydrogens is 410 g/mol. The van der Waals surface area contributed by atoms with Gasteiger partial charge in [0.25, 0.3) is 0 Å². The van der Waals surface area contributed by atoms with E-state index < -0.39 is 0 Å². The minimum absolute atomic E-state index is 0.160. The lowest BCUT2D eigenvalue weighted by atomic mass is 9.85. The number of ether oxygens (including phenoxy) is 1. The first-order valence-corrected chi connectivity index (χ1v) is 12.2. The van der Waals surface area contributed by atoms with E-state index in [0.29, 0.717) is 13.0 Å². The molecule has 0 amide bonds. The molecule has 0 atom stereocenters. The lowest BCUT2D eigenvalue weighted by molar-refractivity contribution is 0.238. The summed E-state index contributed by atoms with van der Waals surface area (Å²) in [5.74, 6) is 1.14. The summed E-state index contributed by atoms with van der Waals surface area (Å²) in [5.41, 5.74) is 5.77. The van der Waals surface area contributed by atoms with Crippen molar-refractivity contribution in [2.75, 3.05) is 32.8 Å². The topological polar surface area (TPSA) is 52.9 Å². The van der Waals surface area contributed by atoms with Crippen LogP contribution in [0.2, 0.25) is 0 Å². The van der Waals surface area contributed by atoms with Crippen LogP contribution in [-0.2, 0) is 0 Å². The molecule has 1 saturated heterocycles. The summed E-state index contributed by atoms with van der Waals surface area (Å²) in [6.45, 7) is 4.22. The minimum atomic E-state index is 0.160. The van der Waals surface area contributed by atoms with Gasteiger partial charge in [-0.2, -0.15) is 0 Å². The van der Waals surface area contributed by atoms with Crippen LogP contribution in [0, 0.1) is 0 Å². The van der Waals surface area contributed by atoms with E-state index in [4.69, 9.17) is 4.74 Å². The van der Waals surface area contributed by atoms with Crippen molar-refractivity contribution in [1.29, 1.82) is 0 Å². The number of aliphatic hydroxyl groups excluding tert-OH is 1. The summed E-state index contributed by atoms with van der Waals surface area (Å²) in [4.78, 5) is 2.46. The Labute approximate surface area is 197 Å². The van der Waals surface area contributed by atoms with Crippen molar-refractivity contribution in [3.8, 4) is 11.5 Å². The summed E-state index contributed by atoms with van der Waals surface area (Å²) < 4.78 is 6.02. The van der Waals surface area contributed by atoms with Gasteiger partial charge < -0.3 is 14.9 Å². The average molecular weight is 446 g/mol. The molecule has 2 aliphatic rings. The zero-order chi connectivity index (χ0) is 22.9. The number of phenols is 1. The molecule has 0 radical (unpaired) electrons. The lowest BCUT2D eigenvalue weighted by Crippen LogP contribution is -2.25. The van der Waals surface area contributed by atoms with Crippen LogP contribution >= 0.6 is 0 Å². The maximum atomic E-state index is 9.84. The molecule has 174 valence electrons. The number of likely N-dealkylation sites (tertiary alicyclic amines) is 1. The zero-order valence-corrected chi connectivity index (χ0v) is 19.4. The summed E-state index contributed by atoms with van der Waals surface area (Å²) in [6, 6.07) is 15.8. The highest BCUT2D eigenvalue weighted by molar-refractivity contribution is 5.85. The van der Waals surface area contributed by atoms with E-state index in [9.17, 15) is 10.2 Å². The zero-order valence-electron chi connectivity index (χ0n) is 19.4. The fourth-order valence-corrected chi connectivity index (χ4v) is 4.67. The Balaban J connectivity index is 1.63. The van der Waals surface area contributed by atoms with Crippen LogP contribution in [-0.4, -0.2) is 48.0 Å². The fourth-order valence-electron chi connectivity index (χ4n) is 4.67. The number of hydrogen-bond acceptors (Lipinski definition) is 4. The van der Waals surface area contributed by atoms with Crippen LogP contribution in [0.25, 0.3) is 5.57 Å². The second-order valence-corrected chi connectivity index (χ2v) is 8.79. The van der Waals surface area contributed by atoms with Crippen molar-refractivity contribution in [1.82, 2.24) is 4.90 Å². The van der Waals surface area contributed by atoms with Gasteiger partial charge in [0, 0.05) is 13.2 Å². The molecule has 1 aliphatic heterocycles. The Morgan fingerprint density at radius 3 is 2.24 bits per heavy atom. The second kappa shape index (κ2) is 11.9. The number of phenolic OH excluding ortho intramolecular Hbond substituents is 1. The molecule has 0 aromatic heterocycles. The number of nitrogens with zero attached hydrogens (tertiary/aromatic N) is 1. The van der Waals surface area contributed by atoms with E-state index in [2.05, 4.69) is 47.4 Å². The van der Waals surface area contributed by atoms with Gasteiger partial charge in [0.2, 0.25) is 0 Å². The Hall–Kier alpha value is -2.82. The van der Waals surface area contributed by atoms with E-state index >= 15 is 0 Å². The molecular formula is C29H35NO3. The molecule has 0 bridgehead atoms. The molecule has 4 heteroatoms. The highest BCUT2D eigenvalue weighted by Gasteiger charge is 2.16. The molecule has 0 unspecified atom stereocenters. The highest BCUT2D eigenvalue weighted by atomic mass is 16.5. The Bertz CT molecular complexity index is 981. The number of benzene rings is 2. The van der Waals surface area contributed by atoms with E-state index in [1.54, 1.807) is 12.1 Å². The standard InChI is InChI=1S/C29H35NO3/c31-21-6-9-28(23-7-2-1-3-8-23)29(24-10-14-26(32)15-11-24)25-12-16-27(17-13-25)33-22-20-30-18-4-5-19-30/h2,7-8,10-17,31-32H,1,3-6,9,18-22H2/b29-28-. The molecule has 2 aromatic rings. The monoisotopic (exact) mass is 445 g/mol. The molecule has 0 spiro atoms. The summed E-state index contributed by atoms with van der Waals surface area (Å²) in [7, 11) is 0. The highest BCUT2D eigenvalue weighted by Crippen LogP contribution is 2.36. The third-order valence-electron chi connectivity index (χ3n) is 6.40. The minimum Gasteiger partial charge on any atom is -0.508 e. The Morgan fingerprint density at radius 2 is 1.61 bits per heavy atom. The third kappa shape index (κ3) is 6.37. The normalized spacial score (nSPS) is 17.1.